The minimum Gasteiger partial charge on any atom is -0.391 e. The van der Waals surface area contributed by atoms with Gasteiger partial charge in [0.05, 0.1) is 11.6 Å². The molecule has 0 aromatic carbocycles. The van der Waals surface area contributed by atoms with E-state index in [0.29, 0.717) is 24.1 Å². The monoisotopic (exact) mass is 307 g/mol. The van der Waals surface area contributed by atoms with Crippen LogP contribution in [0.4, 0.5) is 0 Å². The Morgan fingerprint density at radius 1 is 1.45 bits per heavy atom. The number of nitrogens with zero attached hydrogens (tertiary/aromatic N) is 3. The molecule has 22 heavy (non-hydrogen) atoms. The first-order chi connectivity index (χ1) is 10.1. The van der Waals surface area contributed by atoms with E-state index in [1.54, 1.807) is 11.9 Å². The number of carbonyl (C=O) groups excluding carboxylic acids is 1. The highest BCUT2D eigenvalue weighted by Crippen LogP contribution is 2.33. The lowest BCUT2D eigenvalue weighted by Gasteiger charge is -2.24. The molecule has 1 fully saturated rings. The van der Waals surface area contributed by atoms with E-state index >= 15 is 0 Å². The van der Waals surface area contributed by atoms with Crippen molar-refractivity contribution in [3.8, 4) is 0 Å². The molecule has 1 amide bonds. The van der Waals surface area contributed by atoms with Gasteiger partial charge in [0, 0.05) is 19.3 Å². The van der Waals surface area contributed by atoms with E-state index in [1.165, 1.54) is 0 Å². The van der Waals surface area contributed by atoms with E-state index in [0.717, 1.165) is 18.5 Å². The molecule has 1 atom stereocenters. The van der Waals surface area contributed by atoms with Crippen molar-refractivity contribution in [2.24, 2.45) is 5.92 Å². The van der Waals surface area contributed by atoms with Gasteiger partial charge in [-0.3, -0.25) is 9.48 Å². The Labute approximate surface area is 133 Å². The van der Waals surface area contributed by atoms with Gasteiger partial charge in [-0.2, -0.15) is 5.10 Å². The van der Waals surface area contributed by atoms with Gasteiger partial charge in [-0.15, -0.1) is 0 Å². The van der Waals surface area contributed by atoms with Crippen LogP contribution < -0.4 is 0 Å². The van der Waals surface area contributed by atoms with Crippen molar-refractivity contribution in [1.82, 2.24) is 14.7 Å². The van der Waals surface area contributed by atoms with Crippen LogP contribution in [-0.4, -0.2) is 45.4 Å². The summed E-state index contributed by atoms with van der Waals surface area (Å²) in [6, 6.07) is 1.89. The first-order valence-corrected chi connectivity index (χ1v) is 8.15. The molecule has 0 radical (unpaired) electrons. The Morgan fingerprint density at radius 3 is 2.45 bits per heavy atom. The van der Waals surface area contributed by atoms with Crippen molar-refractivity contribution in [2.45, 2.75) is 65.0 Å². The number of amides is 1. The van der Waals surface area contributed by atoms with Gasteiger partial charge in [0.1, 0.15) is 0 Å². The molecular weight excluding hydrogens is 278 g/mol. The number of aromatic nitrogens is 2. The summed E-state index contributed by atoms with van der Waals surface area (Å²) < 4.78 is 1.94. The van der Waals surface area contributed by atoms with Crippen LogP contribution in [0.5, 0.6) is 0 Å². The highest BCUT2D eigenvalue weighted by molar-refractivity contribution is 5.92. The fourth-order valence-corrected chi connectivity index (χ4v) is 2.64. The van der Waals surface area contributed by atoms with Gasteiger partial charge in [-0.25, -0.2) is 0 Å². The molecular formula is C17H29N3O2. The molecule has 1 heterocycles. The summed E-state index contributed by atoms with van der Waals surface area (Å²) >= 11 is 0. The quantitative estimate of drug-likeness (QED) is 0.909. The number of carbonyl (C=O) groups is 1. The molecule has 1 aromatic heterocycles. The molecule has 0 spiro atoms. The third-order valence-electron chi connectivity index (χ3n) is 4.16. The smallest absolute Gasteiger partial charge is 0.274 e. The van der Waals surface area contributed by atoms with Gasteiger partial charge in [-0.05, 0) is 51.5 Å². The topological polar surface area (TPSA) is 58.4 Å². The fourth-order valence-electron chi connectivity index (χ4n) is 2.64. The summed E-state index contributed by atoms with van der Waals surface area (Å²) in [4.78, 5) is 14.2. The predicted octanol–water partition coefficient (Wildman–Crippen LogP) is 2.60. The largest absolute Gasteiger partial charge is 0.391 e. The van der Waals surface area contributed by atoms with E-state index in [1.807, 2.05) is 10.7 Å². The molecule has 5 heteroatoms. The first kappa shape index (κ1) is 17.0. The van der Waals surface area contributed by atoms with Crippen LogP contribution in [0.2, 0.25) is 0 Å². The second kappa shape index (κ2) is 6.03. The third-order valence-corrected chi connectivity index (χ3v) is 4.16. The van der Waals surface area contributed by atoms with Crippen molar-refractivity contribution in [2.75, 3.05) is 13.6 Å². The molecule has 5 nitrogen and oxygen atoms in total. The van der Waals surface area contributed by atoms with Crippen molar-refractivity contribution in [1.29, 1.82) is 0 Å². The van der Waals surface area contributed by atoms with E-state index in [-0.39, 0.29) is 11.4 Å². The zero-order chi connectivity index (χ0) is 16.7. The number of aliphatic hydroxyl groups is 1. The van der Waals surface area contributed by atoms with Crippen molar-refractivity contribution in [3.63, 3.8) is 0 Å². The SMILES string of the molecule is CC(C)c1cc(C(=O)N(C)CC(O)C2CC2)nn1C(C)(C)C. The molecule has 1 aliphatic carbocycles. The molecule has 0 aliphatic heterocycles. The van der Waals surface area contributed by atoms with Crippen molar-refractivity contribution >= 4 is 5.91 Å². The molecule has 0 saturated heterocycles. The molecule has 1 unspecified atom stereocenters. The second-order valence-electron chi connectivity index (χ2n) is 7.78. The Hall–Kier alpha value is -1.36. The van der Waals surface area contributed by atoms with E-state index in [2.05, 4.69) is 39.7 Å². The first-order valence-electron chi connectivity index (χ1n) is 8.15. The number of rotatable bonds is 5. The van der Waals surface area contributed by atoms with Gasteiger partial charge in [0.2, 0.25) is 0 Å². The van der Waals surface area contributed by atoms with Gasteiger partial charge >= 0.3 is 0 Å². The summed E-state index contributed by atoms with van der Waals surface area (Å²) in [5, 5.41) is 14.5. The number of hydrogen-bond acceptors (Lipinski definition) is 3. The molecule has 0 bridgehead atoms. The summed E-state index contributed by atoms with van der Waals surface area (Å²) in [5.41, 5.74) is 1.36. The Balaban J connectivity index is 2.18. The molecule has 2 rings (SSSR count). The van der Waals surface area contributed by atoms with Crippen LogP contribution in [0.3, 0.4) is 0 Å². The standard InChI is InChI=1S/C17H29N3O2/c1-11(2)14-9-13(18-20(14)17(3,4)5)16(22)19(6)10-15(21)12-7-8-12/h9,11-12,15,21H,7-8,10H2,1-6H3. The van der Waals surface area contributed by atoms with E-state index in [4.69, 9.17) is 0 Å². The average molecular weight is 307 g/mol. The molecule has 1 aliphatic rings. The van der Waals surface area contributed by atoms with Crippen LogP contribution in [0.25, 0.3) is 0 Å². The third kappa shape index (κ3) is 3.69. The highest BCUT2D eigenvalue weighted by Gasteiger charge is 2.32. The molecule has 1 saturated carbocycles. The molecule has 1 aromatic rings. The van der Waals surface area contributed by atoms with E-state index < -0.39 is 6.10 Å². The van der Waals surface area contributed by atoms with Crippen LogP contribution >= 0.6 is 0 Å². The van der Waals surface area contributed by atoms with Gasteiger partial charge < -0.3 is 10.0 Å². The predicted molar refractivity (Wildman–Crippen MR) is 87.0 cm³/mol. The maximum absolute atomic E-state index is 12.6. The highest BCUT2D eigenvalue weighted by atomic mass is 16.3. The zero-order valence-corrected chi connectivity index (χ0v) is 14.6. The van der Waals surface area contributed by atoms with Gasteiger partial charge in [0.15, 0.2) is 5.69 Å². The summed E-state index contributed by atoms with van der Waals surface area (Å²) in [7, 11) is 1.74. The fraction of sp³-hybridized carbons (Fsp3) is 0.765. The van der Waals surface area contributed by atoms with Crippen LogP contribution in [0, 0.1) is 5.92 Å². The maximum atomic E-state index is 12.6. The van der Waals surface area contributed by atoms with Crippen molar-refractivity contribution in [3.05, 3.63) is 17.5 Å². The minimum absolute atomic E-state index is 0.121. The van der Waals surface area contributed by atoms with Gasteiger partial charge in [0.25, 0.3) is 5.91 Å². The zero-order valence-electron chi connectivity index (χ0n) is 14.6. The number of likely N-dealkylation sites (N-methyl/N-ethyl adjacent to an activating group) is 1. The Bertz CT molecular complexity index is 539. The summed E-state index contributed by atoms with van der Waals surface area (Å²) in [6.45, 7) is 10.8. The number of aliphatic hydroxyl groups excluding tert-OH is 1. The number of hydrogen-bond donors (Lipinski definition) is 1. The lowest BCUT2D eigenvalue weighted by molar-refractivity contribution is 0.0638. The summed E-state index contributed by atoms with van der Waals surface area (Å²) in [6.07, 6.45) is 1.72. The lowest BCUT2D eigenvalue weighted by Crippen LogP contribution is -2.35. The van der Waals surface area contributed by atoms with E-state index in [9.17, 15) is 9.90 Å². The average Bonchev–Trinajstić information content (AvgIpc) is 3.14. The van der Waals surface area contributed by atoms with Gasteiger partial charge in [-0.1, -0.05) is 13.8 Å². The maximum Gasteiger partial charge on any atom is 0.274 e. The molecule has 124 valence electrons. The normalized spacial score (nSPS) is 16.9. The van der Waals surface area contributed by atoms with Crippen LogP contribution in [0.1, 0.15) is 69.6 Å². The summed E-state index contributed by atoms with van der Waals surface area (Å²) in [5.74, 6) is 0.550. The lowest BCUT2D eigenvalue weighted by atomic mass is 10.1. The Kier molecular flexibility index (Phi) is 4.66. The minimum atomic E-state index is -0.414. The second-order valence-corrected chi connectivity index (χ2v) is 7.78. The van der Waals surface area contributed by atoms with Crippen LogP contribution in [0.15, 0.2) is 6.07 Å². The molecule has 1 N–H and O–H groups in total. The Morgan fingerprint density at radius 2 is 2.05 bits per heavy atom. The van der Waals surface area contributed by atoms with Crippen LogP contribution in [-0.2, 0) is 5.54 Å². The van der Waals surface area contributed by atoms with Crippen molar-refractivity contribution < 1.29 is 9.90 Å².